The number of rotatable bonds is 2. The minimum atomic E-state index is 0.355. The molecule has 2 heteroatoms. The lowest BCUT2D eigenvalue weighted by Gasteiger charge is -2.38. The van der Waals surface area contributed by atoms with E-state index >= 15 is 0 Å². The van der Waals surface area contributed by atoms with E-state index < -0.39 is 0 Å². The van der Waals surface area contributed by atoms with E-state index in [4.69, 9.17) is 5.11 Å². The summed E-state index contributed by atoms with van der Waals surface area (Å²) in [5, 5.41) is 9.08. The summed E-state index contributed by atoms with van der Waals surface area (Å²) in [4.78, 5) is 2.47. The molecule has 0 aliphatic carbocycles. The number of piperidine rings is 1. The topological polar surface area (TPSA) is 23.5 Å². The molecule has 0 saturated carbocycles. The molecule has 1 aliphatic rings. The Hall–Kier alpha value is -0.0800. The van der Waals surface area contributed by atoms with Crippen LogP contribution in [0.5, 0.6) is 0 Å². The molecule has 1 saturated heterocycles. The highest BCUT2D eigenvalue weighted by Gasteiger charge is 2.25. The van der Waals surface area contributed by atoms with Gasteiger partial charge in [-0.25, -0.2) is 0 Å². The van der Waals surface area contributed by atoms with E-state index in [1.54, 1.807) is 0 Å². The van der Waals surface area contributed by atoms with E-state index in [1.165, 1.54) is 13.0 Å². The van der Waals surface area contributed by atoms with Crippen molar-refractivity contribution in [3.8, 4) is 0 Å². The molecule has 2 unspecified atom stereocenters. The molecular formula is C10H21NO. The Morgan fingerprint density at radius 1 is 1.42 bits per heavy atom. The normalized spacial score (nSPS) is 32.8. The summed E-state index contributed by atoms with van der Waals surface area (Å²) in [6.45, 7) is 9.37. The summed E-state index contributed by atoms with van der Waals surface area (Å²) >= 11 is 0. The first-order valence-corrected chi connectivity index (χ1v) is 4.98. The molecule has 0 bridgehead atoms. The SMILES string of the molecule is CC1CC(CO)CN(C(C)C)C1. The molecule has 2 atom stereocenters. The van der Waals surface area contributed by atoms with Gasteiger partial charge in [0, 0.05) is 25.7 Å². The van der Waals surface area contributed by atoms with E-state index in [0.717, 1.165) is 12.5 Å². The second kappa shape index (κ2) is 4.24. The van der Waals surface area contributed by atoms with Crippen molar-refractivity contribution in [1.82, 2.24) is 4.90 Å². The van der Waals surface area contributed by atoms with Crippen molar-refractivity contribution in [2.24, 2.45) is 11.8 Å². The van der Waals surface area contributed by atoms with Gasteiger partial charge in [-0.2, -0.15) is 0 Å². The molecule has 1 N–H and O–H groups in total. The van der Waals surface area contributed by atoms with Gasteiger partial charge in [0.05, 0.1) is 0 Å². The van der Waals surface area contributed by atoms with Gasteiger partial charge in [0.25, 0.3) is 0 Å². The highest BCUT2D eigenvalue weighted by atomic mass is 16.3. The Morgan fingerprint density at radius 2 is 2.08 bits per heavy atom. The Labute approximate surface area is 75.6 Å². The van der Waals surface area contributed by atoms with Gasteiger partial charge in [-0.1, -0.05) is 6.92 Å². The Bertz CT molecular complexity index is 136. The first-order chi connectivity index (χ1) is 5.63. The van der Waals surface area contributed by atoms with Crippen LogP contribution >= 0.6 is 0 Å². The molecule has 1 rings (SSSR count). The van der Waals surface area contributed by atoms with Crippen LogP contribution in [0.4, 0.5) is 0 Å². The summed E-state index contributed by atoms with van der Waals surface area (Å²) in [6.07, 6.45) is 1.19. The van der Waals surface area contributed by atoms with Crippen LogP contribution in [0.25, 0.3) is 0 Å². The van der Waals surface area contributed by atoms with E-state index in [9.17, 15) is 0 Å². The van der Waals surface area contributed by atoms with Crippen molar-refractivity contribution in [2.75, 3.05) is 19.7 Å². The van der Waals surface area contributed by atoms with Crippen LogP contribution in [-0.2, 0) is 0 Å². The zero-order valence-corrected chi connectivity index (χ0v) is 8.45. The van der Waals surface area contributed by atoms with Crippen molar-refractivity contribution in [3.63, 3.8) is 0 Å². The summed E-state index contributed by atoms with van der Waals surface area (Å²) < 4.78 is 0. The molecule has 0 aromatic carbocycles. The lowest BCUT2D eigenvalue weighted by molar-refractivity contribution is 0.0704. The van der Waals surface area contributed by atoms with Gasteiger partial charge >= 0.3 is 0 Å². The van der Waals surface area contributed by atoms with Crippen LogP contribution in [0.2, 0.25) is 0 Å². The van der Waals surface area contributed by atoms with Crippen LogP contribution in [0.1, 0.15) is 27.2 Å². The molecule has 0 aromatic rings. The first kappa shape index (κ1) is 10.0. The lowest BCUT2D eigenvalue weighted by atomic mass is 9.90. The van der Waals surface area contributed by atoms with E-state index in [0.29, 0.717) is 18.6 Å². The van der Waals surface area contributed by atoms with Gasteiger partial charge in [-0.05, 0) is 32.1 Å². The second-order valence-electron chi connectivity index (χ2n) is 4.44. The molecule has 1 aliphatic heterocycles. The third kappa shape index (κ3) is 2.46. The summed E-state index contributed by atoms with van der Waals surface area (Å²) in [7, 11) is 0. The van der Waals surface area contributed by atoms with Crippen molar-refractivity contribution < 1.29 is 5.11 Å². The smallest absolute Gasteiger partial charge is 0.0471 e. The minimum Gasteiger partial charge on any atom is -0.396 e. The van der Waals surface area contributed by atoms with Crippen LogP contribution in [0.15, 0.2) is 0 Å². The van der Waals surface area contributed by atoms with Crippen LogP contribution in [0, 0.1) is 11.8 Å². The van der Waals surface area contributed by atoms with Gasteiger partial charge in [-0.15, -0.1) is 0 Å². The summed E-state index contributed by atoms with van der Waals surface area (Å²) in [6, 6.07) is 0.627. The Morgan fingerprint density at radius 3 is 2.58 bits per heavy atom. The maximum Gasteiger partial charge on any atom is 0.0471 e. The minimum absolute atomic E-state index is 0.355. The van der Waals surface area contributed by atoms with Crippen molar-refractivity contribution in [1.29, 1.82) is 0 Å². The van der Waals surface area contributed by atoms with Gasteiger partial charge in [0.2, 0.25) is 0 Å². The lowest BCUT2D eigenvalue weighted by Crippen LogP contribution is -2.44. The average molecular weight is 171 g/mol. The van der Waals surface area contributed by atoms with E-state index in [2.05, 4.69) is 25.7 Å². The molecule has 72 valence electrons. The predicted molar refractivity (Wildman–Crippen MR) is 51.1 cm³/mol. The molecule has 0 radical (unpaired) electrons. The molecule has 0 spiro atoms. The molecule has 12 heavy (non-hydrogen) atoms. The van der Waals surface area contributed by atoms with Gasteiger partial charge in [0.15, 0.2) is 0 Å². The maximum atomic E-state index is 9.08. The van der Waals surface area contributed by atoms with Crippen molar-refractivity contribution in [3.05, 3.63) is 0 Å². The number of likely N-dealkylation sites (tertiary alicyclic amines) is 1. The van der Waals surface area contributed by atoms with Crippen molar-refractivity contribution >= 4 is 0 Å². The number of hydrogen-bond acceptors (Lipinski definition) is 2. The van der Waals surface area contributed by atoms with Crippen LogP contribution in [0.3, 0.4) is 0 Å². The molecular weight excluding hydrogens is 150 g/mol. The fraction of sp³-hybridized carbons (Fsp3) is 1.00. The third-order valence-corrected chi connectivity index (χ3v) is 2.76. The number of nitrogens with zero attached hydrogens (tertiary/aromatic N) is 1. The highest BCUT2D eigenvalue weighted by molar-refractivity contribution is 4.78. The third-order valence-electron chi connectivity index (χ3n) is 2.76. The fourth-order valence-corrected chi connectivity index (χ4v) is 2.08. The van der Waals surface area contributed by atoms with E-state index in [1.807, 2.05) is 0 Å². The van der Waals surface area contributed by atoms with Crippen LogP contribution in [-0.4, -0.2) is 35.7 Å². The van der Waals surface area contributed by atoms with E-state index in [-0.39, 0.29) is 0 Å². The second-order valence-corrected chi connectivity index (χ2v) is 4.44. The molecule has 2 nitrogen and oxygen atoms in total. The standard InChI is InChI=1S/C10H21NO/c1-8(2)11-5-9(3)4-10(6-11)7-12/h8-10,12H,4-7H2,1-3H3. The summed E-state index contributed by atoms with van der Waals surface area (Å²) in [5.41, 5.74) is 0. The number of aliphatic hydroxyl groups excluding tert-OH is 1. The molecule has 1 heterocycles. The Balaban J connectivity index is 2.45. The largest absolute Gasteiger partial charge is 0.396 e. The molecule has 0 amide bonds. The average Bonchev–Trinajstić information content (AvgIpc) is 2.03. The van der Waals surface area contributed by atoms with Gasteiger partial charge < -0.3 is 10.0 Å². The highest BCUT2D eigenvalue weighted by Crippen LogP contribution is 2.22. The molecule has 1 fully saturated rings. The maximum absolute atomic E-state index is 9.08. The Kier molecular flexibility index (Phi) is 3.53. The number of hydrogen-bond donors (Lipinski definition) is 1. The van der Waals surface area contributed by atoms with Crippen LogP contribution < -0.4 is 0 Å². The quantitative estimate of drug-likeness (QED) is 0.678. The number of aliphatic hydroxyl groups is 1. The van der Waals surface area contributed by atoms with Crippen molar-refractivity contribution in [2.45, 2.75) is 33.2 Å². The first-order valence-electron chi connectivity index (χ1n) is 4.98. The predicted octanol–water partition coefficient (Wildman–Crippen LogP) is 1.35. The fourth-order valence-electron chi connectivity index (χ4n) is 2.08. The monoisotopic (exact) mass is 171 g/mol. The van der Waals surface area contributed by atoms with Gasteiger partial charge in [0.1, 0.15) is 0 Å². The summed E-state index contributed by atoms with van der Waals surface area (Å²) in [5.74, 6) is 1.26. The zero-order valence-electron chi connectivity index (χ0n) is 8.45. The zero-order chi connectivity index (χ0) is 9.14. The molecule has 0 aromatic heterocycles. The van der Waals surface area contributed by atoms with Gasteiger partial charge in [-0.3, -0.25) is 0 Å².